The molecule has 4 nitrogen and oxygen atoms in total. The number of aryl methyl sites for hydroxylation is 1. The number of amides is 1. The first kappa shape index (κ1) is 12.3. The Morgan fingerprint density at radius 3 is 2.65 bits per heavy atom. The van der Waals surface area contributed by atoms with E-state index in [1.165, 1.54) is 0 Å². The number of nitrogens with one attached hydrogen (secondary N) is 2. The third-order valence-electron chi connectivity index (χ3n) is 3.33. The molecule has 0 radical (unpaired) electrons. The zero-order chi connectivity index (χ0) is 14.1. The molecule has 0 saturated carbocycles. The van der Waals surface area contributed by atoms with Crippen molar-refractivity contribution in [3.8, 4) is 0 Å². The lowest BCUT2D eigenvalue weighted by Gasteiger charge is -2.05. The Bertz CT molecular complexity index is 702. The van der Waals surface area contributed by atoms with E-state index < -0.39 is 0 Å². The SMILES string of the molecule is Cc1cccc2c1C(=CNc1ccc(N)cc1)C(=O)N2. The molecule has 20 heavy (non-hydrogen) atoms. The van der Waals surface area contributed by atoms with E-state index in [1.54, 1.807) is 6.20 Å². The van der Waals surface area contributed by atoms with Crippen LogP contribution in [0.3, 0.4) is 0 Å². The van der Waals surface area contributed by atoms with Gasteiger partial charge in [-0.05, 0) is 42.8 Å². The van der Waals surface area contributed by atoms with E-state index in [0.29, 0.717) is 11.3 Å². The van der Waals surface area contributed by atoms with Gasteiger partial charge in [-0.1, -0.05) is 12.1 Å². The van der Waals surface area contributed by atoms with Crippen molar-refractivity contribution < 1.29 is 4.79 Å². The summed E-state index contributed by atoms with van der Waals surface area (Å²) in [5, 5.41) is 6.00. The summed E-state index contributed by atoms with van der Waals surface area (Å²) < 4.78 is 0. The molecule has 2 aromatic carbocycles. The minimum absolute atomic E-state index is 0.0859. The Morgan fingerprint density at radius 1 is 1.15 bits per heavy atom. The molecule has 3 rings (SSSR count). The number of hydrogen-bond donors (Lipinski definition) is 3. The summed E-state index contributed by atoms with van der Waals surface area (Å²) in [6.07, 6.45) is 1.74. The summed E-state index contributed by atoms with van der Waals surface area (Å²) in [6.45, 7) is 2.00. The zero-order valence-corrected chi connectivity index (χ0v) is 11.1. The number of carbonyl (C=O) groups excluding carboxylic acids is 1. The fraction of sp³-hybridized carbons (Fsp3) is 0.0625. The molecule has 4 N–H and O–H groups in total. The Balaban J connectivity index is 1.93. The molecule has 0 unspecified atom stereocenters. The number of fused-ring (bicyclic) bond motifs is 1. The number of nitrogen functional groups attached to an aromatic ring is 1. The highest BCUT2D eigenvalue weighted by Gasteiger charge is 2.25. The number of anilines is 3. The van der Waals surface area contributed by atoms with Gasteiger partial charge in [-0.15, -0.1) is 0 Å². The maximum absolute atomic E-state index is 12.0. The number of nitrogens with two attached hydrogens (primary N) is 1. The van der Waals surface area contributed by atoms with E-state index in [9.17, 15) is 4.79 Å². The normalized spacial score (nSPS) is 15.1. The molecule has 0 saturated heterocycles. The molecule has 0 atom stereocenters. The number of benzene rings is 2. The van der Waals surface area contributed by atoms with Crippen molar-refractivity contribution in [1.82, 2.24) is 0 Å². The summed E-state index contributed by atoms with van der Waals surface area (Å²) in [4.78, 5) is 12.0. The summed E-state index contributed by atoms with van der Waals surface area (Å²) >= 11 is 0. The van der Waals surface area contributed by atoms with Crippen LogP contribution in [0.4, 0.5) is 17.1 Å². The van der Waals surface area contributed by atoms with Crippen LogP contribution in [0.2, 0.25) is 0 Å². The third-order valence-corrected chi connectivity index (χ3v) is 3.33. The highest BCUT2D eigenvalue weighted by atomic mass is 16.2. The first-order chi connectivity index (χ1) is 9.65. The first-order valence-corrected chi connectivity index (χ1v) is 6.39. The van der Waals surface area contributed by atoms with Crippen molar-refractivity contribution in [2.24, 2.45) is 0 Å². The molecule has 1 amide bonds. The van der Waals surface area contributed by atoms with E-state index in [4.69, 9.17) is 5.73 Å². The van der Waals surface area contributed by atoms with Gasteiger partial charge in [-0.2, -0.15) is 0 Å². The van der Waals surface area contributed by atoms with Gasteiger partial charge in [0.05, 0.1) is 5.57 Å². The summed E-state index contributed by atoms with van der Waals surface area (Å²) in [7, 11) is 0. The standard InChI is InChI=1S/C16H15N3O/c1-10-3-2-4-14-15(10)13(16(20)19-14)9-18-12-7-5-11(17)6-8-12/h2-9,18H,17H2,1H3,(H,19,20). The van der Waals surface area contributed by atoms with Crippen molar-refractivity contribution in [1.29, 1.82) is 0 Å². The van der Waals surface area contributed by atoms with Gasteiger partial charge in [0, 0.05) is 28.8 Å². The molecule has 1 aliphatic heterocycles. The fourth-order valence-corrected chi connectivity index (χ4v) is 2.31. The molecule has 2 aromatic rings. The van der Waals surface area contributed by atoms with Gasteiger partial charge in [0.15, 0.2) is 0 Å². The average Bonchev–Trinajstić information content (AvgIpc) is 2.75. The molecule has 0 fully saturated rings. The minimum Gasteiger partial charge on any atom is -0.399 e. The lowest BCUT2D eigenvalue weighted by Crippen LogP contribution is -2.05. The third kappa shape index (κ3) is 2.12. The second-order valence-electron chi connectivity index (χ2n) is 4.78. The smallest absolute Gasteiger partial charge is 0.257 e. The molecule has 0 aromatic heterocycles. The summed E-state index contributed by atoms with van der Waals surface area (Å²) in [5.41, 5.74) is 10.8. The topological polar surface area (TPSA) is 67.1 Å². The zero-order valence-electron chi connectivity index (χ0n) is 11.1. The van der Waals surface area contributed by atoms with E-state index in [-0.39, 0.29) is 5.91 Å². The van der Waals surface area contributed by atoms with Crippen molar-refractivity contribution in [3.05, 3.63) is 59.8 Å². The molecule has 0 spiro atoms. The van der Waals surface area contributed by atoms with Crippen LogP contribution >= 0.6 is 0 Å². The van der Waals surface area contributed by atoms with E-state index in [2.05, 4.69) is 10.6 Å². The first-order valence-electron chi connectivity index (χ1n) is 6.39. The predicted molar refractivity (Wildman–Crippen MR) is 82.3 cm³/mol. The quantitative estimate of drug-likeness (QED) is 0.577. The maximum atomic E-state index is 12.0. The van der Waals surface area contributed by atoms with Crippen LogP contribution in [-0.2, 0) is 4.79 Å². The fourth-order valence-electron chi connectivity index (χ4n) is 2.31. The van der Waals surface area contributed by atoms with Crippen molar-refractivity contribution in [2.75, 3.05) is 16.4 Å². The largest absolute Gasteiger partial charge is 0.399 e. The predicted octanol–water partition coefficient (Wildman–Crippen LogP) is 2.98. The van der Waals surface area contributed by atoms with Crippen molar-refractivity contribution in [2.45, 2.75) is 6.92 Å². The maximum Gasteiger partial charge on any atom is 0.257 e. The van der Waals surface area contributed by atoms with Gasteiger partial charge in [0.1, 0.15) is 0 Å². The van der Waals surface area contributed by atoms with Crippen molar-refractivity contribution >= 4 is 28.5 Å². The van der Waals surface area contributed by atoms with Gasteiger partial charge in [0.2, 0.25) is 0 Å². The summed E-state index contributed by atoms with van der Waals surface area (Å²) in [6, 6.07) is 13.2. The van der Waals surface area contributed by atoms with E-state index >= 15 is 0 Å². The molecule has 100 valence electrons. The van der Waals surface area contributed by atoms with Gasteiger partial charge in [0.25, 0.3) is 5.91 Å². The van der Waals surface area contributed by atoms with Gasteiger partial charge in [-0.3, -0.25) is 4.79 Å². The molecule has 0 aliphatic carbocycles. The van der Waals surface area contributed by atoms with Crippen LogP contribution in [0.1, 0.15) is 11.1 Å². The second-order valence-corrected chi connectivity index (χ2v) is 4.78. The monoisotopic (exact) mass is 265 g/mol. The van der Waals surface area contributed by atoms with Gasteiger partial charge >= 0.3 is 0 Å². The van der Waals surface area contributed by atoms with Crippen LogP contribution in [-0.4, -0.2) is 5.91 Å². The van der Waals surface area contributed by atoms with Gasteiger partial charge < -0.3 is 16.4 Å². The van der Waals surface area contributed by atoms with E-state index in [1.807, 2.05) is 49.4 Å². The summed E-state index contributed by atoms with van der Waals surface area (Å²) in [5.74, 6) is -0.0859. The average molecular weight is 265 g/mol. The number of carbonyl (C=O) groups is 1. The Morgan fingerprint density at radius 2 is 1.90 bits per heavy atom. The molecule has 1 aliphatic rings. The van der Waals surface area contributed by atoms with Crippen LogP contribution in [0, 0.1) is 6.92 Å². The molecular weight excluding hydrogens is 250 g/mol. The van der Waals surface area contributed by atoms with Crippen LogP contribution < -0.4 is 16.4 Å². The lowest BCUT2D eigenvalue weighted by atomic mass is 10.0. The second kappa shape index (κ2) is 4.74. The highest BCUT2D eigenvalue weighted by molar-refractivity contribution is 6.32. The van der Waals surface area contributed by atoms with Crippen LogP contribution in [0.5, 0.6) is 0 Å². The Kier molecular flexibility index (Phi) is 2.91. The number of hydrogen-bond acceptors (Lipinski definition) is 3. The molecule has 4 heteroatoms. The number of rotatable bonds is 2. The van der Waals surface area contributed by atoms with Gasteiger partial charge in [-0.25, -0.2) is 0 Å². The Labute approximate surface area is 117 Å². The molecule has 0 bridgehead atoms. The molecule has 1 heterocycles. The van der Waals surface area contributed by atoms with Crippen molar-refractivity contribution in [3.63, 3.8) is 0 Å². The minimum atomic E-state index is -0.0859. The highest BCUT2D eigenvalue weighted by Crippen LogP contribution is 2.34. The Hall–Kier alpha value is -2.75. The molecular formula is C16H15N3O. The van der Waals surface area contributed by atoms with Crippen LogP contribution in [0.15, 0.2) is 48.7 Å². The lowest BCUT2D eigenvalue weighted by molar-refractivity contribution is -0.110. The van der Waals surface area contributed by atoms with Crippen LogP contribution in [0.25, 0.3) is 5.57 Å². The van der Waals surface area contributed by atoms with E-state index in [0.717, 1.165) is 22.5 Å².